The summed E-state index contributed by atoms with van der Waals surface area (Å²) < 4.78 is 15.4. The zero-order valence-corrected chi connectivity index (χ0v) is 14.9. The van der Waals surface area contributed by atoms with Gasteiger partial charge in [-0.2, -0.15) is 0 Å². The molecule has 0 saturated heterocycles. The van der Waals surface area contributed by atoms with Crippen LogP contribution in [0.3, 0.4) is 0 Å². The first-order chi connectivity index (χ1) is 12.0. The van der Waals surface area contributed by atoms with Crippen molar-refractivity contribution in [2.75, 3.05) is 0 Å². The molecule has 0 saturated carbocycles. The summed E-state index contributed by atoms with van der Waals surface area (Å²) in [6.07, 6.45) is 1.65. The summed E-state index contributed by atoms with van der Waals surface area (Å²) in [5.74, 6) is 1.60. The van der Waals surface area contributed by atoms with Gasteiger partial charge in [0.05, 0.1) is 11.3 Å². The zero-order chi connectivity index (χ0) is 17.8. The number of ether oxygens (including phenoxy) is 1. The fourth-order valence-electron chi connectivity index (χ4n) is 2.21. The molecule has 0 aliphatic carbocycles. The predicted octanol–water partition coefficient (Wildman–Crippen LogP) is 3.63. The average Bonchev–Trinajstić information content (AvgIpc) is 3.17. The lowest BCUT2D eigenvalue weighted by atomic mass is 10.2. The van der Waals surface area contributed by atoms with Crippen LogP contribution < -0.4 is 0 Å². The van der Waals surface area contributed by atoms with E-state index in [1.165, 1.54) is 11.8 Å². The van der Waals surface area contributed by atoms with Crippen molar-refractivity contribution in [1.82, 2.24) is 15.3 Å². The number of nitrogens with zero attached hydrogens (tertiary/aromatic N) is 3. The van der Waals surface area contributed by atoms with Crippen LogP contribution in [0.15, 0.2) is 38.5 Å². The molecule has 25 heavy (non-hydrogen) atoms. The Labute approximate surface area is 148 Å². The summed E-state index contributed by atoms with van der Waals surface area (Å²) in [5.41, 5.74) is 2.83. The van der Waals surface area contributed by atoms with Crippen LogP contribution in [0.5, 0.6) is 0 Å². The molecule has 3 aromatic heterocycles. The highest BCUT2D eigenvalue weighted by molar-refractivity contribution is 7.98. The van der Waals surface area contributed by atoms with Crippen LogP contribution in [-0.4, -0.2) is 21.3 Å². The van der Waals surface area contributed by atoms with Gasteiger partial charge in [-0.1, -0.05) is 10.3 Å². The van der Waals surface area contributed by atoms with Crippen molar-refractivity contribution in [3.8, 4) is 0 Å². The van der Waals surface area contributed by atoms with Gasteiger partial charge in [0.1, 0.15) is 28.8 Å². The van der Waals surface area contributed by atoms with E-state index in [2.05, 4.69) is 15.3 Å². The summed E-state index contributed by atoms with van der Waals surface area (Å²) in [4.78, 5) is 16.7. The van der Waals surface area contributed by atoms with Crippen molar-refractivity contribution in [3.63, 3.8) is 0 Å². The molecule has 0 aromatic carbocycles. The number of carbonyl (C=O) groups is 1. The van der Waals surface area contributed by atoms with Crippen LogP contribution in [0, 0.1) is 20.8 Å². The third kappa shape index (κ3) is 4.08. The number of rotatable bonds is 6. The Hall–Kier alpha value is -2.61. The maximum atomic E-state index is 12.4. The second-order valence-electron chi connectivity index (χ2n) is 5.45. The molecule has 8 heteroatoms. The van der Waals surface area contributed by atoms with Gasteiger partial charge in [-0.05, 0) is 32.9 Å². The highest BCUT2D eigenvalue weighted by Gasteiger charge is 2.17. The Morgan fingerprint density at radius 1 is 1.24 bits per heavy atom. The molecule has 0 spiro atoms. The largest absolute Gasteiger partial charge is 0.455 e. The molecule has 3 aromatic rings. The van der Waals surface area contributed by atoms with E-state index >= 15 is 0 Å². The molecule has 0 amide bonds. The van der Waals surface area contributed by atoms with Gasteiger partial charge in [0.2, 0.25) is 0 Å². The minimum absolute atomic E-state index is 0.0546. The van der Waals surface area contributed by atoms with Crippen molar-refractivity contribution in [1.29, 1.82) is 0 Å². The third-order valence-electron chi connectivity index (χ3n) is 3.55. The summed E-state index contributed by atoms with van der Waals surface area (Å²) in [7, 11) is 0. The number of carbonyl (C=O) groups excluding carboxylic acids is 1. The molecule has 0 aliphatic rings. The van der Waals surface area contributed by atoms with Gasteiger partial charge in [0.15, 0.2) is 0 Å². The molecular weight excluding hydrogens is 342 g/mol. The lowest BCUT2D eigenvalue weighted by Gasteiger charge is -2.07. The van der Waals surface area contributed by atoms with E-state index in [1.54, 1.807) is 31.3 Å². The van der Waals surface area contributed by atoms with Crippen molar-refractivity contribution >= 4 is 17.7 Å². The number of pyridine rings is 1. The molecule has 0 aliphatic heterocycles. The van der Waals surface area contributed by atoms with Crippen molar-refractivity contribution in [2.45, 2.75) is 38.2 Å². The van der Waals surface area contributed by atoms with E-state index < -0.39 is 5.97 Å². The summed E-state index contributed by atoms with van der Waals surface area (Å²) in [5, 5.41) is 8.34. The Balaban J connectivity index is 1.68. The topological polar surface area (TPSA) is 91.2 Å². The Kier molecular flexibility index (Phi) is 5.18. The minimum atomic E-state index is -0.449. The van der Waals surface area contributed by atoms with Gasteiger partial charge in [0.25, 0.3) is 0 Å². The van der Waals surface area contributed by atoms with Gasteiger partial charge in [-0.3, -0.25) is 0 Å². The fourth-order valence-corrected chi connectivity index (χ4v) is 3.35. The Bertz CT molecular complexity index is 868. The van der Waals surface area contributed by atoms with Gasteiger partial charge in [-0.15, -0.1) is 11.8 Å². The molecule has 3 heterocycles. The SMILES string of the molecule is Cc1cc(COC(=O)c2cccnc2SCc2c(C)noc2C)no1. The highest BCUT2D eigenvalue weighted by atomic mass is 32.2. The van der Waals surface area contributed by atoms with Gasteiger partial charge in [0, 0.05) is 23.6 Å². The quantitative estimate of drug-likeness (QED) is 0.487. The molecule has 0 unspecified atom stereocenters. The molecule has 0 N–H and O–H groups in total. The van der Waals surface area contributed by atoms with Crippen LogP contribution in [-0.2, 0) is 17.1 Å². The van der Waals surface area contributed by atoms with Gasteiger partial charge >= 0.3 is 5.97 Å². The van der Waals surface area contributed by atoms with E-state index in [-0.39, 0.29) is 6.61 Å². The van der Waals surface area contributed by atoms with Crippen LogP contribution in [0.25, 0.3) is 0 Å². The molecular formula is C17H17N3O4S. The van der Waals surface area contributed by atoms with E-state index in [1.807, 2.05) is 13.8 Å². The number of thioether (sulfide) groups is 1. The summed E-state index contributed by atoms with van der Waals surface area (Å²) >= 11 is 1.44. The molecule has 7 nitrogen and oxygen atoms in total. The van der Waals surface area contributed by atoms with E-state index in [4.69, 9.17) is 13.8 Å². The fraction of sp³-hybridized carbons (Fsp3) is 0.294. The lowest BCUT2D eigenvalue weighted by molar-refractivity contribution is 0.0459. The van der Waals surface area contributed by atoms with Gasteiger partial charge < -0.3 is 13.8 Å². The normalized spacial score (nSPS) is 10.8. The molecule has 0 radical (unpaired) electrons. The molecule has 130 valence electrons. The first kappa shape index (κ1) is 17.2. The number of hydrogen-bond acceptors (Lipinski definition) is 8. The second kappa shape index (κ2) is 7.52. The molecule has 0 bridgehead atoms. The monoisotopic (exact) mass is 359 g/mol. The lowest BCUT2D eigenvalue weighted by Crippen LogP contribution is -2.08. The number of aromatic nitrogens is 3. The first-order valence-electron chi connectivity index (χ1n) is 7.63. The van der Waals surface area contributed by atoms with Crippen molar-refractivity contribution in [3.05, 3.63) is 58.4 Å². The average molecular weight is 359 g/mol. The number of aryl methyl sites for hydroxylation is 3. The maximum absolute atomic E-state index is 12.4. The number of esters is 1. The zero-order valence-electron chi connectivity index (χ0n) is 14.1. The van der Waals surface area contributed by atoms with Crippen LogP contribution >= 0.6 is 11.8 Å². The summed E-state index contributed by atoms with van der Waals surface area (Å²) in [6.45, 7) is 5.59. The highest BCUT2D eigenvalue weighted by Crippen LogP contribution is 2.27. The smallest absolute Gasteiger partial charge is 0.341 e. The number of hydrogen-bond donors (Lipinski definition) is 0. The molecule has 0 fully saturated rings. The third-order valence-corrected chi connectivity index (χ3v) is 4.59. The Morgan fingerprint density at radius 2 is 2.08 bits per heavy atom. The van der Waals surface area contributed by atoms with Crippen LogP contribution in [0.2, 0.25) is 0 Å². The minimum Gasteiger partial charge on any atom is -0.455 e. The Morgan fingerprint density at radius 3 is 2.76 bits per heavy atom. The van der Waals surface area contributed by atoms with Crippen LogP contribution in [0.1, 0.15) is 38.8 Å². The maximum Gasteiger partial charge on any atom is 0.341 e. The van der Waals surface area contributed by atoms with Crippen molar-refractivity contribution < 1.29 is 18.6 Å². The van der Waals surface area contributed by atoms with E-state index in [0.29, 0.717) is 27.8 Å². The summed E-state index contributed by atoms with van der Waals surface area (Å²) in [6, 6.07) is 5.12. The molecule has 0 atom stereocenters. The first-order valence-corrected chi connectivity index (χ1v) is 8.62. The van der Waals surface area contributed by atoms with Gasteiger partial charge in [-0.25, -0.2) is 9.78 Å². The van der Waals surface area contributed by atoms with E-state index in [0.717, 1.165) is 17.0 Å². The standard InChI is InChI=1S/C17H17N3O4S/c1-10-7-13(20-23-10)8-22-17(21)14-5-4-6-18-16(14)25-9-15-11(2)19-24-12(15)3/h4-7H,8-9H2,1-3H3. The second-order valence-corrected chi connectivity index (χ2v) is 6.42. The van der Waals surface area contributed by atoms with Crippen molar-refractivity contribution in [2.24, 2.45) is 0 Å². The predicted molar refractivity (Wildman–Crippen MR) is 90.1 cm³/mol. The molecule has 3 rings (SSSR count). The van der Waals surface area contributed by atoms with E-state index in [9.17, 15) is 4.79 Å². The van der Waals surface area contributed by atoms with Crippen LogP contribution in [0.4, 0.5) is 0 Å².